The molecular formula is C21H28N4O4. The average molecular weight is 400 g/mol. The molecule has 1 aromatic rings. The van der Waals surface area contributed by atoms with Crippen LogP contribution in [0.4, 0.5) is 0 Å². The highest BCUT2D eigenvalue weighted by Gasteiger charge is 2.39. The van der Waals surface area contributed by atoms with Gasteiger partial charge in [0.15, 0.2) is 0 Å². The maximum Gasteiger partial charge on any atom is 0.255 e. The first-order valence-corrected chi connectivity index (χ1v) is 10.2. The third kappa shape index (κ3) is 4.05. The molecule has 1 aromatic carbocycles. The van der Waals surface area contributed by atoms with Crippen LogP contribution in [0.25, 0.3) is 0 Å². The van der Waals surface area contributed by atoms with Crippen molar-refractivity contribution in [3.8, 4) is 0 Å². The molecule has 0 aromatic heterocycles. The lowest BCUT2D eigenvalue weighted by Crippen LogP contribution is -2.52. The average Bonchev–Trinajstić information content (AvgIpc) is 3.03. The predicted molar refractivity (Wildman–Crippen MR) is 106 cm³/mol. The normalized spacial score (nSPS) is 29.7. The number of amides is 3. The molecule has 4 atom stereocenters. The van der Waals surface area contributed by atoms with E-state index >= 15 is 0 Å². The molecule has 4 unspecified atom stereocenters. The molecule has 29 heavy (non-hydrogen) atoms. The lowest BCUT2D eigenvalue weighted by atomic mass is 9.89. The molecule has 2 heterocycles. The second kappa shape index (κ2) is 8.22. The van der Waals surface area contributed by atoms with Crippen molar-refractivity contribution in [1.29, 1.82) is 0 Å². The molecule has 8 nitrogen and oxygen atoms in total. The second-order valence-electron chi connectivity index (χ2n) is 8.22. The van der Waals surface area contributed by atoms with Crippen molar-refractivity contribution >= 4 is 17.7 Å². The molecule has 0 bridgehead atoms. The van der Waals surface area contributed by atoms with Crippen LogP contribution in [-0.4, -0.2) is 54.0 Å². The van der Waals surface area contributed by atoms with Gasteiger partial charge in [0, 0.05) is 44.3 Å². The number of imide groups is 1. The summed E-state index contributed by atoms with van der Waals surface area (Å²) >= 11 is 0. The standard InChI is InChI=1S/C21H28N4O4/c1-29-18-9-14(3-5-16(18)22)23-10-12-2-4-15-13(8-12)11-25(21(15)28)17-6-7-19(26)24-20(17)27/h2,4,8,14,16-18,23H,3,5-7,9-11,22H2,1H3,(H,24,26,27). The van der Waals surface area contributed by atoms with Crippen LogP contribution < -0.4 is 16.4 Å². The Morgan fingerprint density at radius 3 is 2.83 bits per heavy atom. The van der Waals surface area contributed by atoms with Crippen LogP contribution in [0.2, 0.25) is 0 Å². The highest BCUT2D eigenvalue weighted by atomic mass is 16.5. The third-order valence-corrected chi connectivity index (χ3v) is 6.33. The number of carbonyl (C=O) groups is 3. The van der Waals surface area contributed by atoms with Gasteiger partial charge < -0.3 is 20.7 Å². The van der Waals surface area contributed by atoms with Crippen LogP contribution >= 0.6 is 0 Å². The van der Waals surface area contributed by atoms with Crippen molar-refractivity contribution in [2.24, 2.45) is 5.73 Å². The summed E-state index contributed by atoms with van der Waals surface area (Å²) in [6, 6.07) is 5.72. The summed E-state index contributed by atoms with van der Waals surface area (Å²) in [7, 11) is 1.71. The minimum atomic E-state index is -0.577. The summed E-state index contributed by atoms with van der Waals surface area (Å²) in [6.45, 7) is 1.11. The van der Waals surface area contributed by atoms with E-state index in [1.54, 1.807) is 12.0 Å². The largest absolute Gasteiger partial charge is 0.380 e. The van der Waals surface area contributed by atoms with Gasteiger partial charge in [0.1, 0.15) is 6.04 Å². The molecule has 156 valence electrons. The van der Waals surface area contributed by atoms with E-state index in [4.69, 9.17) is 10.5 Å². The fraction of sp³-hybridized carbons (Fsp3) is 0.571. The molecule has 4 rings (SSSR count). The van der Waals surface area contributed by atoms with E-state index in [9.17, 15) is 14.4 Å². The van der Waals surface area contributed by atoms with Crippen molar-refractivity contribution < 1.29 is 19.1 Å². The van der Waals surface area contributed by atoms with E-state index < -0.39 is 6.04 Å². The van der Waals surface area contributed by atoms with Gasteiger partial charge in [-0.15, -0.1) is 0 Å². The Morgan fingerprint density at radius 2 is 2.07 bits per heavy atom. The van der Waals surface area contributed by atoms with Crippen molar-refractivity contribution in [3.63, 3.8) is 0 Å². The quantitative estimate of drug-likeness (QED) is 0.618. The molecular weight excluding hydrogens is 372 g/mol. The van der Waals surface area contributed by atoms with E-state index in [1.165, 1.54) is 0 Å². The molecule has 3 amide bonds. The summed E-state index contributed by atoms with van der Waals surface area (Å²) in [5.41, 5.74) is 8.76. The van der Waals surface area contributed by atoms with Crippen LogP contribution in [0.5, 0.6) is 0 Å². The molecule has 1 saturated carbocycles. The summed E-state index contributed by atoms with van der Waals surface area (Å²) in [5.74, 6) is -0.797. The maximum absolute atomic E-state index is 12.8. The number of ether oxygens (including phenoxy) is 1. The SMILES string of the molecule is COC1CC(NCc2ccc3c(c2)CN(C2CCC(=O)NC2=O)C3=O)CCC1N. The van der Waals surface area contributed by atoms with E-state index in [0.717, 1.165) is 30.4 Å². The summed E-state index contributed by atoms with van der Waals surface area (Å²) < 4.78 is 5.48. The predicted octanol–water partition coefficient (Wildman–Crippen LogP) is 0.432. The van der Waals surface area contributed by atoms with Gasteiger partial charge in [-0.1, -0.05) is 12.1 Å². The van der Waals surface area contributed by atoms with Crippen LogP contribution in [0.15, 0.2) is 18.2 Å². The zero-order valence-corrected chi connectivity index (χ0v) is 16.6. The third-order valence-electron chi connectivity index (χ3n) is 6.33. The van der Waals surface area contributed by atoms with Crippen LogP contribution in [-0.2, 0) is 27.4 Å². The number of rotatable bonds is 5. The maximum atomic E-state index is 12.8. The number of fused-ring (bicyclic) bond motifs is 1. The summed E-state index contributed by atoms with van der Waals surface area (Å²) in [6.07, 6.45) is 3.58. The monoisotopic (exact) mass is 400 g/mol. The summed E-state index contributed by atoms with van der Waals surface area (Å²) in [5, 5.41) is 5.91. The Kier molecular flexibility index (Phi) is 5.67. The van der Waals surface area contributed by atoms with Gasteiger partial charge in [-0.3, -0.25) is 19.7 Å². The van der Waals surface area contributed by atoms with Crippen molar-refractivity contribution in [2.45, 2.75) is 69.4 Å². The van der Waals surface area contributed by atoms with E-state index in [2.05, 4.69) is 10.6 Å². The van der Waals surface area contributed by atoms with Gasteiger partial charge in [-0.05, 0) is 42.9 Å². The van der Waals surface area contributed by atoms with E-state index in [1.807, 2.05) is 18.2 Å². The zero-order chi connectivity index (χ0) is 20.5. The topological polar surface area (TPSA) is 114 Å². The Morgan fingerprint density at radius 1 is 1.24 bits per heavy atom. The van der Waals surface area contributed by atoms with Gasteiger partial charge in [0.2, 0.25) is 11.8 Å². The van der Waals surface area contributed by atoms with Gasteiger partial charge in [-0.2, -0.15) is 0 Å². The van der Waals surface area contributed by atoms with Gasteiger partial charge >= 0.3 is 0 Å². The Labute approximate surface area is 170 Å². The number of nitrogens with one attached hydrogen (secondary N) is 2. The van der Waals surface area contributed by atoms with E-state index in [-0.39, 0.29) is 36.3 Å². The fourth-order valence-corrected chi connectivity index (χ4v) is 4.61. The number of hydrogen-bond acceptors (Lipinski definition) is 6. The molecule has 8 heteroatoms. The number of piperidine rings is 1. The molecule has 0 radical (unpaired) electrons. The first-order chi connectivity index (χ1) is 14.0. The minimum absolute atomic E-state index is 0.0842. The number of nitrogens with zero attached hydrogens (tertiary/aromatic N) is 1. The first-order valence-electron chi connectivity index (χ1n) is 10.2. The van der Waals surface area contributed by atoms with Crippen molar-refractivity contribution in [3.05, 3.63) is 34.9 Å². The molecule has 4 N–H and O–H groups in total. The molecule has 2 fully saturated rings. The smallest absolute Gasteiger partial charge is 0.255 e. The molecule has 1 saturated heterocycles. The fourth-order valence-electron chi connectivity index (χ4n) is 4.61. The second-order valence-corrected chi connectivity index (χ2v) is 8.22. The number of benzene rings is 1. The Bertz CT molecular complexity index is 827. The zero-order valence-electron chi connectivity index (χ0n) is 16.6. The Hall–Kier alpha value is -2.29. The first kappa shape index (κ1) is 20.0. The lowest BCUT2D eigenvalue weighted by Gasteiger charge is -2.33. The molecule has 3 aliphatic rings. The minimum Gasteiger partial charge on any atom is -0.380 e. The number of methoxy groups -OCH3 is 1. The summed E-state index contributed by atoms with van der Waals surface area (Å²) in [4.78, 5) is 37.9. The van der Waals surface area contributed by atoms with Crippen molar-refractivity contribution in [1.82, 2.24) is 15.5 Å². The van der Waals surface area contributed by atoms with Gasteiger partial charge in [0.05, 0.1) is 6.10 Å². The Balaban J connectivity index is 1.39. The highest BCUT2D eigenvalue weighted by molar-refractivity contribution is 6.05. The number of hydrogen-bond donors (Lipinski definition) is 3. The van der Waals surface area contributed by atoms with Crippen LogP contribution in [0.3, 0.4) is 0 Å². The van der Waals surface area contributed by atoms with Crippen LogP contribution in [0.1, 0.15) is 53.6 Å². The molecule has 2 aliphatic heterocycles. The highest BCUT2D eigenvalue weighted by Crippen LogP contribution is 2.28. The number of nitrogens with two attached hydrogens (primary N) is 1. The molecule has 1 aliphatic carbocycles. The van der Waals surface area contributed by atoms with Gasteiger partial charge in [0.25, 0.3) is 5.91 Å². The molecule has 0 spiro atoms. The number of carbonyl (C=O) groups excluding carboxylic acids is 3. The van der Waals surface area contributed by atoms with Gasteiger partial charge in [-0.25, -0.2) is 0 Å². The van der Waals surface area contributed by atoms with Crippen LogP contribution in [0, 0.1) is 0 Å². The van der Waals surface area contributed by atoms with E-state index in [0.29, 0.717) is 31.1 Å². The lowest BCUT2D eigenvalue weighted by molar-refractivity contribution is -0.136. The van der Waals surface area contributed by atoms with Crippen molar-refractivity contribution in [2.75, 3.05) is 7.11 Å².